The number of amides is 1. The number of rotatable bonds is 3. The van der Waals surface area contributed by atoms with Gasteiger partial charge in [-0.15, -0.1) is 0 Å². The van der Waals surface area contributed by atoms with Crippen LogP contribution in [0.25, 0.3) is 0 Å². The van der Waals surface area contributed by atoms with Crippen molar-refractivity contribution in [3.63, 3.8) is 0 Å². The summed E-state index contributed by atoms with van der Waals surface area (Å²) in [5.41, 5.74) is 4.28. The number of hydrazine groups is 1. The Morgan fingerprint density at radius 2 is 2.11 bits per heavy atom. The maximum atomic E-state index is 12.0. The van der Waals surface area contributed by atoms with Gasteiger partial charge in [0.15, 0.2) is 5.82 Å². The fourth-order valence-corrected chi connectivity index (χ4v) is 1.57. The van der Waals surface area contributed by atoms with Crippen LogP contribution in [0.2, 0.25) is 0 Å². The summed E-state index contributed by atoms with van der Waals surface area (Å²) in [4.78, 5) is 22.8. The van der Waals surface area contributed by atoms with Crippen LogP contribution < -0.4 is 22.1 Å². The van der Waals surface area contributed by atoms with Crippen LogP contribution in [-0.4, -0.2) is 16.1 Å². The largest absolute Gasteiger partial charge is 0.324 e. The van der Waals surface area contributed by atoms with Gasteiger partial charge in [-0.1, -0.05) is 0 Å². The van der Waals surface area contributed by atoms with Gasteiger partial charge in [0.1, 0.15) is 0 Å². The molecule has 0 aliphatic carbocycles. The van der Waals surface area contributed by atoms with Crippen LogP contribution in [0.15, 0.2) is 35.1 Å². The van der Waals surface area contributed by atoms with Gasteiger partial charge in [-0.2, -0.15) is 5.10 Å². The summed E-state index contributed by atoms with van der Waals surface area (Å²) in [6, 6.07) is 7.78. The van der Waals surface area contributed by atoms with Crippen LogP contribution in [0.1, 0.15) is 15.9 Å². The van der Waals surface area contributed by atoms with E-state index in [9.17, 15) is 9.59 Å². The number of H-pyrrole nitrogens is 1. The first-order valence-corrected chi connectivity index (χ1v) is 5.54. The molecule has 2 aromatic rings. The summed E-state index contributed by atoms with van der Waals surface area (Å²) in [6.45, 7) is 1.84. The van der Waals surface area contributed by atoms with Gasteiger partial charge in [-0.05, 0) is 36.8 Å². The molecule has 0 radical (unpaired) electrons. The van der Waals surface area contributed by atoms with E-state index in [1.807, 2.05) is 6.92 Å². The average Bonchev–Trinajstić information content (AvgIpc) is 2.41. The molecule has 0 saturated heterocycles. The predicted molar refractivity (Wildman–Crippen MR) is 71.8 cm³/mol. The van der Waals surface area contributed by atoms with Gasteiger partial charge in [-0.3, -0.25) is 15.4 Å². The Hall–Kier alpha value is -2.67. The fourth-order valence-electron chi connectivity index (χ4n) is 1.57. The smallest absolute Gasteiger partial charge is 0.264 e. The molecule has 2 rings (SSSR count). The molecule has 0 spiro atoms. The van der Waals surface area contributed by atoms with E-state index in [-0.39, 0.29) is 17.3 Å². The molecule has 5 N–H and O–H groups in total. The molecule has 7 heteroatoms. The number of carbonyl (C=O) groups is 1. The van der Waals surface area contributed by atoms with Crippen molar-refractivity contribution in [2.75, 3.05) is 10.7 Å². The fraction of sp³-hybridized carbons (Fsp3) is 0.0833. The van der Waals surface area contributed by atoms with Crippen LogP contribution in [0.3, 0.4) is 0 Å². The number of hydrogen-bond acceptors (Lipinski definition) is 5. The minimum absolute atomic E-state index is 0.281. The summed E-state index contributed by atoms with van der Waals surface area (Å²) >= 11 is 0. The van der Waals surface area contributed by atoms with Crippen molar-refractivity contribution in [1.29, 1.82) is 0 Å². The molecule has 0 fully saturated rings. The number of nitrogens with zero attached hydrogens (tertiary/aromatic N) is 1. The summed E-state index contributed by atoms with van der Waals surface area (Å²) < 4.78 is 0. The minimum atomic E-state index is -0.327. The molecule has 98 valence electrons. The Morgan fingerprint density at radius 1 is 1.32 bits per heavy atom. The normalized spacial score (nSPS) is 10.0. The SMILES string of the molecule is Cc1cc(C(=O)Nc2ccc(=O)[nH]n2)ccc1NN. The highest BCUT2D eigenvalue weighted by atomic mass is 16.2. The van der Waals surface area contributed by atoms with E-state index in [1.165, 1.54) is 12.1 Å². The molecule has 0 saturated carbocycles. The molecule has 0 aliphatic rings. The number of aromatic amines is 1. The van der Waals surface area contributed by atoms with E-state index in [4.69, 9.17) is 5.84 Å². The Labute approximate surface area is 108 Å². The molecule has 0 bridgehead atoms. The van der Waals surface area contributed by atoms with Crippen LogP contribution in [-0.2, 0) is 0 Å². The lowest BCUT2D eigenvalue weighted by Gasteiger charge is -2.08. The molecular formula is C12H13N5O2. The van der Waals surface area contributed by atoms with Crippen LogP contribution in [0, 0.1) is 6.92 Å². The van der Waals surface area contributed by atoms with E-state index >= 15 is 0 Å². The third-order valence-electron chi connectivity index (χ3n) is 2.56. The number of aromatic nitrogens is 2. The Morgan fingerprint density at radius 3 is 2.68 bits per heavy atom. The van der Waals surface area contributed by atoms with Gasteiger partial charge in [0, 0.05) is 11.6 Å². The zero-order valence-electron chi connectivity index (χ0n) is 10.2. The Bertz CT molecular complexity index is 645. The van der Waals surface area contributed by atoms with Crippen molar-refractivity contribution < 1.29 is 4.79 Å². The number of nitrogen functional groups attached to an aromatic ring is 1. The topological polar surface area (TPSA) is 113 Å². The number of carbonyl (C=O) groups excluding carboxylic acids is 1. The van der Waals surface area contributed by atoms with Crippen molar-refractivity contribution in [3.8, 4) is 0 Å². The third-order valence-corrected chi connectivity index (χ3v) is 2.56. The molecule has 1 aromatic carbocycles. The summed E-state index contributed by atoms with van der Waals surface area (Å²) in [6.07, 6.45) is 0. The molecular weight excluding hydrogens is 246 g/mol. The number of hydrogen-bond donors (Lipinski definition) is 4. The maximum absolute atomic E-state index is 12.0. The van der Waals surface area contributed by atoms with Crippen molar-refractivity contribution in [2.24, 2.45) is 5.84 Å². The number of aryl methyl sites for hydroxylation is 1. The van der Waals surface area contributed by atoms with Crippen molar-refractivity contribution in [1.82, 2.24) is 10.2 Å². The van der Waals surface area contributed by atoms with E-state index in [0.29, 0.717) is 5.56 Å². The standard InChI is InChI=1S/C12H13N5O2/c1-7-6-8(2-3-9(7)15-13)12(19)14-10-4-5-11(18)17-16-10/h2-6,15H,13H2,1H3,(H,17,18)(H,14,16,19). The second-order valence-corrected chi connectivity index (χ2v) is 3.93. The van der Waals surface area contributed by atoms with Gasteiger partial charge in [0.05, 0.1) is 5.69 Å². The molecule has 1 aromatic heterocycles. The number of nitrogens with two attached hydrogens (primary N) is 1. The maximum Gasteiger partial charge on any atom is 0.264 e. The van der Waals surface area contributed by atoms with Gasteiger partial charge < -0.3 is 10.7 Å². The quantitative estimate of drug-likeness (QED) is 0.476. The highest BCUT2D eigenvalue weighted by Gasteiger charge is 2.08. The second-order valence-electron chi connectivity index (χ2n) is 3.93. The third kappa shape index (κ3) is 2.96. The zero-order chi connectivity index (χ0) is 13.8. The first kappa shape index (κ1) is 12.8. The lowest BCUT2D eigenvalue weighted by atomic mass is 10.1. The highest BCUT2D eigenvalue weighted by Crippen LogP contribution is 2.15. The molecule has 0 unspecified atom stereocenters. The van der Waals surface area contributed by atoms with Gasteiger partial charge >= 0.3 is 0 Å². The van der Waals surface area contributed by atoms with Crippen LogP contribution in [0.5, 0.6) is 0 Å². The molecule has 1 amide bonds. The lowest BCUT2D eigenvalue weighted by Crippen LogP contribution is -2.16. The first-order chi connectivity index (χ1) is 9.10. The number of nitrogens with one attached hydrogen (secondary N) is 3. The predicted octanol–water partition coefficient (Wildman–Crippen LogP) is 0.616. The van der Waals surface area contributed by atoms with E-state index in [2.05, 4.69) is 20.9 Å². The second kappa shape index (κ2) is 5.32. The lowest BCUT2D eigenvalue weighted by molar-refractivity contribution is 0.102. The minimum Gasteiger partial charge on any atom is -0.324 e. The molecule has 19 heavy (non-hydrogen) atoms. The monoisotopic (exact) mass is 259 g/mol. The van der Waals surface area contributed by atoms with Crippen LogP contribution >= 0.6 is 0 Å². The first-order valence-electron chi connectivity index (χ1n) is 5.54. The summed E-state index contributed by atoms with van der Waals surface area (Å²) in [7, 11) is 0. The van der Waals surface area contributed by atoms with E-state index in [0.717, 1.165) is 11.3 Å². The molecule has 7 nitrogen and oxygen atoms in total. The van der Waals surface area contributed by atoms with E-state index < -0.39 is 0 Å². The Kier molecular flexibility index (Phi) is 3.58. The number of anilines is 2. The summed E-state index contributed by atoms with van der Waals surface area (Å²) in [5.74, 6) is 5.29. The van der Waals surface area contributed by atoms with E-state index in [1.54, 1.807) is 18.2 Å². The Balaban J connectivity index is 2.18. The molecule has 0 aliphatic heterocycles. The summed E-state index contributed by atoms with van der Waals surface area (Å²) in [5, 5.41) is 8.52. The van der Waals surface area contributed by atoms with Crippen molar-refractivity contribution >= 4 is 17.4 Å². The van der Waals surface area contributed by atoms with Gasteiger partial charge in [0.25, 0.3) is 11.5 Å². The zero-order valence-corrected chi connectivity index (χ0v) is 10.2. The average molecular weight is 259 g/mol. The van der Waals surface area contributed by atoms with Crippen molar-refractivity contribution in [3.05, 3.63) is 51.8 Å². The van der Waals surface area contributed by atoms with Crippen LogP contribution in [0.4, 0.5) is 11.5 Å². The molecule has 0 atom stereocenters. The molecule has 1 heterocycles. The van der Waals surface area contributed by atoms with Gasteiger partial charge in [-0.25, -0.2) is 5.10 Å². The number of benzene rings is 1. The van der Waals surface area contributed by atoms with Crippen molar-refractivity contribution in [2.45, 2.75) is 6.92 Å². The highest BCUT2D eigenvalue weighted by molar-refractivity contribution is 6.04. The van der Waals surface area contributed by atoms with Gasteiger partial charge in [0.2, 0.25) is 0 Å².